The normalized spacial score (nSPS) is 10.5. The van der Waals surface area contributed by atoms with Gasteiger partial charge in [-0.05, 0) is 30.7 Å². The van der Waals surface area contributed by atoms with Crippen molar-refractivity contribution in [3.8, 4) is 22.8 Å². The van der Waals surface area contributed by atoms with Crippen molar-refractivity contribution in [1.82, 2.24) is 20.4 Å². The highest BCUT2D eigenvalue weighted by Crippen LogP contribution is 2.26. The summed E-state index contributed by atoms with van der Waals surface area (Å²) in [7, 11) is 0. The van der Waals surface area contributed by atoms with E-state index in [2.05, 4.69) is 23.5 Å². The Balaban J connectivity index is 1.81. The molecule has 1 N–H and O–H groups in total. The number of hydrogen-bond donors (Lipinski definition) is 1. The lowest BCUT2D eigenvalue weighted by molar-refractivity contribution is 0.0791. The number of hydrogen-bond acceptors (Lipinski definition) is 6. The zero-order valence-corrected chi connectivity index (χ0v) is 14.4. The molecule has 3 rings (SSSR count). The molecule has 24 heavy (non-hydrogen) atoms. The molecule has 0 atom stereocenters. The Morgan fingerprint density at radius 2 is 2.00 bits per heavy atom. The Kier molecular flexibility index (Phi) is 4.69. The average molecular weight is 440 g/mol. The molecule has 0 radical (unpaired) electrons. The number of rotatable bonds is 4. The van der Waals surface area contributed by atoms with Gasteiger partial charge in [-0.25, -0.2) is 14.9 Å². The number of nitrogens with one attached hydrogen (secondary N) is 1. The standard InChI is InChI=1S/C15H10FIN4O3/c1-8-6-10(7-18-13(8)16)9-2-4-11(5-3-9)23-14-12(15(22)24-17)19-21-20-14/h2-7H,1H3,(H,19,20,21). The van der Waals surface area contributed by atoms with Crippen molar-refractivity contribution in [2.24, 2.45) is 0 Å². The highest BCUT2D eigenvalue weighted by atomic mass is 127. The summed E-state index contributed by atoms with van der Waals surface area (Å²) in [6.45, 7) is 1.66. The minimum absolute atomic E-state index is 0.0492. The molecule has 7 nitrogen and oxygen atoms in total. The third-order valence-electron chi connectivity index (χ3n) is 3.20. The predicted octanol–water partition coefficient (Wildman–Crippen LogP) is 3.61. The van der Waals surface area contributed by atoms with E-state index in [9.17, 15) is 9.18 Å². The van der Waals surface area contributed by atoms with Crippen LogP contribution < -0.4 is 4.74 Å². The molecular formula is C15H10FIN4O3. The van der Waals surface area contributed by atoms with E-state index < -0.39 is 11.9 Å². The van der Waals surface area contributed by atoms with Gasteiger partial charge in [0.2, 0.25) is 11.6 Å². The predicted molar refractivity (Wildman–Crippen MR) is 90.3 cm³/mol. The molecule has 2 heterocycles. The second-order valence-electron chi connectivity index (χ2n) is 4.81. The Morgan fingerprint density at radius 3 is 2.67 bits per heavy atom. The summed E-state index contributed by atoms with van der Waals surface area (Å²) in [5.41, 5.74) is 2.07. The smallest absolute Gasteiger partial charge is 0.374 e. The zero-order valence-electron chi connectivity index (χ0n) is 12.3. The fourth-order valence-electron chi connectivity index (χ4n) is 2.01. The third-order valence-corrected chi connectivity index (χ3v) is 3.60. The van der Waals surface area contributed by atoms with E-state index in [4.69, 9.17) is 4.74 Å². The number of aromatic amines is 1. The van der Waals surface area contributed by atoms with E-state index in [-0.39, 0.29) is 11.6 Å². The lowest BCUT2D eigenvalue weighted by Crippen LogP contribution is -2.01. The van der Waals surface area contributed by atoms with Crippen LogP contribution in [-0.4, -0.2) is 26.4 Å². The molecule has 0 spiro atoms. The summed E-state index contributed by atoms with van der Waals surface area (Å²) in [6.07, 6.45) is 1.46. The maximum atomic E-state index is 13.2. The summed E-state index contributed by atoms with van der Waals surface area (Å²) in [5, 5.41) is 9.63. The van der Waals surface area contributed by atoms with Crippen molar-refractivity contribution in [2.45, 2.75) is 6.92 Å². The van der Waals surface area contributed by atoms with Crippen LogP contribution in [0.2, 0.25) is 0 Å². The minimum Gasteiger partial charge on any atom is -0.437 e. The van der Waals surface area contributed by atoms with Gasteiger partial charge in [0.1, 0.15) is 5.75 Å². The number of benzene rings is 1. The number of halogens is 2. The molecule has 2 aromatic heterocycles. The monoisotopic (exact) mass is 440 g/mol. The second kappa shape index (κ2) is 6.91. The first-order valence-corrected chi connectivity index (χ1v) is 7.61. The van der Waals surface area contributed by atoms with Crippen molar-refractivity contribution < 1.29 is 17.0 Å². The molecule has 0 amide bonds. The number of aromatic nitrogens is 4. The Bertz CT molecular complexity index is 883. The molecule has 0 aliphatic rings. The third kappa shape index (κ3) is 3.35. The molecule has 0 aliphatic carbocycles. The van der Waals surface area contributed by atoms with Gasteiger partial charge >= 0.3 is 5.97 Å². The van der Waals surface area contributed by atoms with Crippen molar-refractivity contribution in [1.29, 1.82) is 0 Å². The van der Waals surface area contributed by atoms with Gasteiger partial charge < -0.3 is 7.80 Å². The molecule has 122 valence electrons. The van der Waals surface area contributed by atoms with E-state index in [0.717, 1.165) is 11.1 Å². The highest BCUT2D eigenvalue weighted by molar-refractivity contribution is 14.1. The summed E-state index contributed by atoms with van der Waals surface area (Å²) >= 11 is 1.46. The van der Waals surface area contributed by atoms with Crippen molar-refractivity contribution >= 4 is 29.0 Å². The number of nitrogens with zero attached hydrogens (tertiary/aromatic N) is 3. The fourth-order valence-corrected chi connectivity index (χ4v) is 2.22. The van der Waals surface area contributed by atoms with Crippen LogP contribution in [0.4, 0.5) is 4.39 Å². The Hall–Kier alpha value is -2.56. The first-order valence-electron chi connectivity index (χ1n) is 6.73. The van der Waals surface area contributed by atoms with Crippen LogP contribution in [0.15, 0.2) is 36.5 Å². The maximum Gasteiger partial charge on any atom is 0.374 e. The van der Waals surface area contributed by atoms with Crippen LogP contribution in [0.5, 0.6) is 11.6 Å². The molecule has 0 bridgehead atoms. The number of pyridine rings is 1. The Morgan fingerprint density at radius 1 is 1.25 bits per heavy atom. The van der Waals surface area contributed by atoms with Crippen LogP contribution in [0.1, 0.15) is 16.1 Å². The van der Waals surface area contributed by atoms with E-state index in [0.29, 0.717) is 11.3 Å². The zero-order chi connectivity index (χ0) is 17.1. The summed E-state index contributed by atoms with van der Waals surface area (Å²) in [6, 6.07) is 8.71. The van der Waals surface area contributed by atoms with Crippen LogP contribution in [-0.2, 0) is 3.07 Å². The molecule has 1 aromatic carbocycles. The minimum atomic E-state index is -0.663. The SMILES string of the molecule is Cc1cc(-c2ccc(Oc3[nH]nnc3C(=O)OI)cc2)cnc1F. The summed E-state index contributed by atoms with van der Waals surface area (Å²) in [5.74, 6) is -0.591. The maximum absolute atomic E-state index is 13.2. The van der Waals surface area contributed by atoms with E-state index in [1.165, 1.54) is 29.2 Å². The molecule has 3 aromatic rings. The van der Waals surface area contributed by atoms with E-state index in [1.807, 2.05) is 0 Å². The first kappa shape index (κ1) is 16.3. The topological polar surface area (TPSA) is 90.0 Å². The van der Waals surface area contributed by atoms with Gasteiger partial charge in [0.25, 0.3) is 5.88 Å². The summed E-state index contributed by atoms with van der Waals surface area (Å²) in [4.78, 5) is 15.2. The molecule has 9 heteroatoms. The van der Waals surface area contributed by atoms with Gasteiger partial charge in [0.05, 0.1) is 0 Å². The van der Waals surface area contributed by atoms with Gasteiger partial charge in [-0.1, -0.05) is 17.3 Å². The Labute approximate surface area is 149 Å². The number of H-pyrrole nitrogens is 1. The van der Waals surface area contributed by atoms with Crippen LogP contribution in [0, 0.1) is 12.9 Å². The number of aryl methyl sites for hydroxylation is 1. The van der Waals surface area contributed by atoms with E-state index >= 15 is 0 Å². The lowest BCUT2D eigenvalue weighted by atomic mass is 10.1. The van der Waals surface area contributed by atoms with Crippen LogP contribution >= 0.6 is 23.0 Å². The van der Waals surface area contributed by atoms with Crippen LogP contribution in [0.25, 0.3) is 11.1 Å². The van der Waals surface area contributed by atoms with Gasteiger partial charge in [-0.3, -0.25) is 0 Å². The van der Waals surface area contributed by atoms with Crippen molar-refractivity contribution in [3.63, 3.8) is 0 Å². The van der Waals surface area contributed by atoms with Gasteiger partial charge in [0.15, 0.2) is 23.0 Å². The second-order valence-corrected chi connectivity index (χ2v) is 5.25. The van der Waals surface area contributed by atoms with Crippen molar-refractivity contribution in [2.75, 3.05) is 0 Å². The lowest BCUT2D eigenvalue weighted by Gasteiger charge is -2.06. The highest BCUT2D eigenvalue weighted by Gasteiger charge is 2.19. The average Bonchev–Trinajstić information content (AvgIpc) is 3.05. The first-order chi connectivity index (χ1) is 11.6. The molecule has 0 fully saturated rings. The molecule has 0 saturated heterocycles. The van der Waals surface area contributed by atoms with Gasteiger partial charge in [-0.2, -0.15) is 4.39 Å². The molecular weight excluding hydrogens is 430 g/mol. The molecule has 0 unspecified atom stereocenters. The quantitative estimate of drug-likeness (QED) is 0.493. The largest absolute Gasteiger partial charge is 0.437 e. The van der Waals surface area contributed by atoms with Gasteiger partial charge in [-0.15, -0.1) is 5.10 Å². The molecule has 0 saturated carbocycles. The fraction of sp³-hybridized carbons (Fsp3) is 0.0667. The van der Waals surface area contributed by atoms with Crippen molar-refractivity contribution in [3.05, 3.63) is 53.7 Å². The van der Waals surface area contributed by atoms with E-state index in [1.54, 1.807) is 37.3 Å². The summed E-state index contributed by atoms with van der Waals surface area (Å²) < 4.78 is 23.3. The number of carbonyl (C=O) groups is 1. The van der Waals surface area contributed by atoms with Crippen LogP contribution in [0.3, 0.4) is 0 Å². The number of carbonyl (C=O) groups excluding carboxylic acids is 1. The molecule has 0 aliphatic heterocycles. The number of ether oxygens (including phenoxy) is 1. The van der Waals surface area contributed by atoms with Gasteiger partial charge in [0, 0.05) is 17.3 Å².